The van der Waals surface area contributed by atoms with Crippen molar-refractivity contribution >= 4 is 39.6 Å². The number of benzene rings is 1. The number of halogens is 1. The van der Waals surface area contributed by atoms with Gasteiger partial charge in [-0.25, -0.2) is 14.5 Å². The number of imidazole rings is 1. The number of pyridine rings is 1. The maximum atomic E-state index is 13.2. The summed E-state index contributed by atoms with van der Waals surface area (Å²) in [7, 11) is 0. The van der Waals surface area contributed by atoms with Crippen molar-refractivity contribution in [1.29, 1.82) is 0 Å². The molecule has 0 saturated carbocycles. The summed E-state index contributed by atoms with van der Waals surface area (Å²) in [6, 6.07) is 9.82. The van der Waals surface area contributed by atoms with E-state index in [1.807, 2.05) is 36.1 Å². The lowest BCUT2D eigenvalue weighted by Crippen LogP contribution is -2.49. The molecule has 2 aliphatic heterocycles. The third-order valence-electron chi connectivity index (χ3n) is 6.22. The number of aromatic nitrogens is 4. The van der Waals surface area contributed by atoms with Crippen LogP contribution >= 0.6 is 11.6 Å². The summed E-state index contributed by atoms with van der Waals surface area (Å²) >= 11 is 6.39. The normalized spacial score (nSPS) is 19.5. The Labute approximate surface area is 196 Å². The van der Waals surface area contributed by atoms with E-state index < -0.39 is 0 Å². The fourth-order valence-electron chi connectivity index (χ4n) is 4.60. The van der Waals surface area contributed by atoms with Gasteiger partial charge in [-0.2, -0.15) is 5.10 Å². The Morgan fingerprint density at radius 2 is 2.00 bits per heavy atom. The van der Waals surface area contributed by atoms with Crippen molar-refractivity contribution in [3.05, 3.63) is 65.3 Å². The van der Waals surface area contributed by atoms with Crippen LogP contribution in [0.5, 0.6) is 0 Å². The Morgan fingerprint density at radius 1 is 1.21 bits per heavy atom. The molecule has 2 unspecified atom stereocenters. The molecule has 33 heavy (non-hydrogen) atoms. The van der Waals surface area contributed by atoms with Crippen molar-refractivity contribution in [3.63, 3.8) is 0 Å². The first kappa shape index (κ1) is 21.6. The van der Waals surface area contributed by atoms with E-state index >= 15 is 0 Å². The first-order chi connectivity index (χ1) is 16.1. The number of amides is 1. The molecular weight excluding hydrogens is 440 g/mol. The van der Waals surface area contributed by atoms with Gasteiger partial charge in [0.05, 0.1) is 42.2 Å². The zero-order chi connectivity index (χ0) is 22.9. The highest BCUT2D eigenvalue weighted by molar-refractivity contribution is 6.36. The molecule has 2 bridgehead atoms. The second kappa shape index (κ2) is 8.96. The average molecular weight is 465 g/mol. The minimum atomic E-state index is -0.00537. The summed E-state index contributed by atoms with van der Waals surface area (Å²) in [4.78, 5) is 23.9. The molecule has 1 amide bonds. The van der Waals surface area contributed by atoms with Crippen LogP contribution in [-0.2, 0) is 11.2 Å². The van der Waals surface area contributed by atoms with Gasteiger partial charge in [0.15, 0.2) is 5.65 Å². The molecule has 2 N–H and O–H groups in total. The average Bonchev–Trinajstić information content (AvgIpc) is 3.41. The van der Waals surface area contributed by atoms with Crippen LogP contribution in [0, 0.1) is 0 Å². The van der Waals surface area contributed by atoms with Crippen molar-refractivity contribution in [2.75, 3.05) is 18.9 Å². The van der Waals surface area contributed by atoms with Gasteiger partial charge in [0.1, 0.15) is 5.69 Å². The summed E-state index contributed by atoms with van der Waals surface area (Å²) in [6.07, 6.45) is 7.87. The van der Waals surface area contributed by atoms with Gasteiger partial charge in [0.2, 0.25) is 0 Å². The third-order valence-corrected chi connectivity index (χ3v) is 6.54. The van der Waals surface area contributed by atoms with E-state index in [9.17, 15) is 4.79 Å². The minimum Gasteiger partial charge on any atom is -0.396 e. The standard InChI is InChI=1S/C18H19ClN2O2.C6H6N4/c1-2-12-8-11-4-3-5-15(19)16(11)17(20-12)18(22)21-13-6-7-14(21)10-23-9-13;7-5-1-2-9-10-4-3-8-6(5)10/h3-5,8,13-14H,2,6-7,9-10H2,1H3;1-4H,7H2. The Balaban J connectivity index is 0.000000190. The van der Waals surface area contributed by atoms with Gasteiger partial charge in [-0.3, -0.25) is 4.79 Å². The molecule has 6 rings (SSSR count). The topological polar surface area (TPSA) is 98.6 Å². The Morgan fingerprint density at radius 3 is 2.73 bits per heavy atom. The number of carbonyl (C=O) groups is 1. The number of fused-ring (bicyclic) bond motifs is 4. The SMILES string of the molecule is CCc1cc2cccc(Cl)c2c(C(=O)N2C3CCC2COC3)n1.Nc1ccnn2ccnc12. The highest BCUT2D eigenvalue weighted by Gasteiger charge is 2.41. The molecule has 4 aromatic rings. The van der Waals surface area contributed by atoms with E-state index in [4.69, 9.17) is 22.1 Å². The van der Waals surface area contributed by atoms with Crippen molar-refractivity contribution in [3.8, 4) is 0 Å². The maximum Gasteiger partial charge on any atom is 0.273 e. The van der Waals surface area contributed by atoms with E-state index in [0.29, 0.717) is 35.3 Å². The Kier molecular flexibility index (Phi) is 5.86. The minimum absolute atomic E-state index is 0.00537. The monoisotopic (exact) mass is 464 g/mol. The number of ether oxygens (including phenoxy) is 1. The number of nitrogens with two attached hydrogens (primary N) is 1. The van der Waals surface area contributed by atoms with Gasteiger partial charge < -0.3 is 15.4 Å². The molecule has 3 aromatic heterocycles. The lowest BCUT2D eigenvalue weighted by molar-refractivity contribution is -0.00735. The van der Waals surface area contributed by atoms with Gasteiger partial charge >= 0.3 is 0 Å². The summed E-state index contributed by atoms with van der Waals surface area (Å²) in [6.45, 7) is 3.30. The van der Waals surface area contributed by atoms with Crippen LogP contribution in [0.25, 0.3) is 16.4 Å². The Bertz CT molecular complexity index is 1310. The van der Waals surface area contributed by atoms with Crippen LogP contribution in [0.4, 0.5) is 5.69 Å². The maximum absolute atomic E-state index is 13.2. The fraction of sp³-hybridized carbons (Fsp3) is 0.333. The molecule has 0 aliphatic carbocycles. The number of nitrogen functional groups attached to an aromatic ring is 1. The second-order valence-electron chi connectivity index (χ2n) is 8.27. The number of hydrogen-bond acceptors (Lipinski definition) is 6. The van der Waals surface area contributed by atoms with Gasteiger partial charge in [0, 0.05) is 23.5 Å². The van der Waals surface area contributed by atoms with E-state index in [1.54, 1.807) is 29.2 Å². The molecule has 8 nitrogen and oxygen atoms in total. The highest BCUT2D eigenvalue weighted by Crippen LogP contribution is 2.33. The molecule has 0 radical (unpaired) electrons. The molecule has 1 aromatic carbocycles. The van der Waals surface area contributed by atoms with Crippen LogP contribution in [0.2, 0.25) is 5.02 Å². The van der Waals surface area contributed by atoms with Crippen molar-refractivity contribution in [2.45, 2.75) is 38.3 Å². The predicted octanol–water partition coefficient (Wildman–Crippen LogP) is 3.77. The van der Waals surface area contributed by atoms with Gasteiger partial charge in [0.25, 0.3) is 5.91 Å². The molecular formula is C24H25ClN6O2. The molecule has 5 heterocycles. The number of carbonyl (C=O) groups excluding carboxylic acids is 1. The number of nitrogens with zero attached hydrogens (tertiary/aromatic N) is 5. The largest absolute Gasteiger partial charge is 0.396 e. The van der Waals surface area contributed by atoms with Crippen LogP contribution < -0.4 is 5.73 Å². The van der Waals surface area contributed by atoms with Crippen LogP contribution in [0.3, 0.4) is 0 Å². The van der Waals surface area contributed by atoms with Gasteiger partial charge in [-0.1, -0.05) is 30.7 Å². The smallest absolute Gasteiger partial charge is 0.273 e. The van der Waals surface area contributed by atoms with E-state index in [1.165, 1.54) is 0 Å². The van der Waals surface area contributed by atoms with E-state index in [-0.39, 0.29) is 18.0 Å². The second-order valence-corrected chi connectivity index (χ2v) is 8.68. The molecule has 0 spiro atoms. The zero-order valence-electron chi connectivity index (χ0n) is 18.3. The van der Waals surface area contributed by atoms with E-state index in [0.717, 1.165) is 35.7 Å². The summed E-state index contributed by atoms with van der Waals surface area (Å²) in [5, 5.41) is 6.31. The van der Waals surface area contributed by atoms with Crippen molar-refractivity contribution in [1.82, 2.24) is 24.5 Å². The first-order valence-corrected chi connectivity index (χ1v) is 11.5. The van der Waals surface area contributed by atoms with Gasteiger partial charge in [-0.15, -0.1) is 0 Å². The quantitative estimate of drug-likeness (QED) is 0.485. The number of anilines is 1. The summed E-state index contributed by atoms with van der Waals surface area (Å²) in [5.74, 6) is -0.00537. The fourth-order valence-corrected chi connectivity index (χ4v) is 4.87. The molecule has 2 fully saturated rings. The number of morpholine rings is 1. The van der Waals surface area contributed by atoms with Crippen LogP contribution in [0.1, 0.15) is 35.9 Å². The van der Waals surface area contributed by atoms with E-state index in [2.05, 4.69) is 15.1 Å². The lowest BCUT2D eigenvalue weighted by Gasteiger charge is -2.34. The molecule has 9 heteroatoms. The first-order valence-electron chi connectivity index (χ1n) is 11.1. The molecule has 2 saturated heterocycles. The number of rotatable bonds is 2. The number of aryl methyl sites for hydroxylation is 1. The predicted molar refractivity (Wildman–Crippen MR) is 127 cm³/mol. The summed E-state index contributed by atoms with van der Waals surface area (Å²) < 4.78 is 7.22. The zero-order valence-corrected chi connectivity index (χ0v) is 19.1. The molecule has 2 aliphatic rings. The Hall–Kier alpha value is -3.23. The molecule has 170 valence electrons. The van der Waals surface area contributed by atoms with Gasteiger partial charge in [-0.05, 0) is 42.8 Å². The van der Waals surface area contributed by atoms with Crippen LogP contribution in [-0.4, -0.2) is 55.7 Å². The highest BCUT2D eigenvalue weighted by atomic mass is 35.5. The van der Waals surface area contributed by atoms with Crippen molar-refractivity contribution < 1.29 is 9.53 Å². The number of hydrogen-bond donors (Lipinski definition) is 1. The van der Waals surface area contributed by atoms with Crippen molar-refractivity contribution in [2.24, 2.45) is 0 Å². The van der Waals surface area contributed by atoms with Crippen LogP contribution in [0.15, 0.2) is 48.9 Å². The molecule has 2 atom stereocenters. The summed E-state index contributed by atoms with van der Waals surface area (Å²) in [5.41, 5.74) is 8.35. The lowest BCUT2D eigenvalue weighted by atomic mass is 10.1. The third kappa shape index (κ3) is 4.00.